The van der Waals surface area contributed by atoms with Crippen LogP contribution in [0.3, 0.4) is 0 Å². The normalized spacial score (nSPS) is 23.3. The molecule has 1 heterocycles. The van der Waals surface area contributed by atoms with Gasteiger partial charge in [-0.25, -0.2) is 4.79 Å². The number of piperazine rings is 1. The molecule has 110 valence electrons. The quantitative estimate of drug-likeness (QED) is 0.850. The molecule has 0 spiro atoms. The highest BCUT2D eigenvalue weighted by Gasteiger charge is 2.33. The van der Waals surface area contributed by atoms with E-state index in [1.54, 1.807) is 0 Å². The van der Waals surface area contributed by atoms with Crippen LogP contribution in [0.2, 0.25) is 0 Å². The zero-order valence-corrected chi connectivity index (χ0v) is 12.9. The maximum absolute atomic E-state index is 12.1. The van der Waals surface area contributed by atoms with E-state index in [9.17, 15) is 4.79 Å². The van der Waals surface area contributed by atoms with Crippen LogP contribution in [0.5, 0.6) is 0 Å². The second-order valence-electron chi connectivity index (χ2n) is 7.32. The van der Waals surface area contributed by atoms with Crippen molar-refractivity contribution < 1.29 is 4.79 Å². The molecular formula is C15H29N3O. The predicted octanol–water partition coefficient (Wildman–Crippen LogP) is 2.16. The molecule has 1 atom stereocenters. The standard InChI is InChI=1S/C15H29N3O/c1-12(13-5-6-13)17-7-9-18(10-8-17)14(19)16-11-15(2,3)4/h12-13H,5-11H2,1-4H3,(H,16,19). The van der Waals surface area contributed by atoms with Gasteiger partial charge in [-0.15, -0.1) is 0 Å². The lowest BCUT2D eigenvalue weighted by molar-refractivity contribution is 0.105. The molecule has 0 bridgehead atoms. The molecular weight excluding hydrogens is 238 g/mol. The summed E-state index contributed by atoms with van der Waals surface area (Å²) in [5, 5.41) is 3.04. The van der Waals surface area contributed by atoms with Crippen molar-refractivity contribution in [2.45, 2.75) is 46.6 Å². The fourth-order valence-electron chi connectivity index (χ4n) is 2.66. The van der Waals surface area contributed by atoms with Crippen LogP contribution in [0.15, 0.2) is 0 Å². The molecule has 1 saturated carbocycles. The van der Waals surface area contributed by atoms with Gasteiger partial charge in [0.25, 0.3) is 0 Å². The Morgan fingerprint density at radius 2 is 1.79 bits per heavy atom. The highest BCUT2D eigenvalue weighted by atomic mass is 16.2. The molecule has 1 aliphatic heterocycles. The third kappa shape index (κ3) is 4.37. The summed E-state index contributed by atoms with van der Waals surface area (Å²) < 4.78 is 0. The number of rotatable bonds is 3. The van der Waals surface area contributed by atoms with Gasteiger partial charge in [0.15, 0.2) is 0 Å². The minimum absolute atomic E-state index is 0.105. The Morgan fingerprint density at radius 3 is 2.26 bits per heavy atom. The molecule has 2 aliphatic rings. The molecule has 1 saturated heterocycles. The first-order chi connectivity index (χ1) is 8.87. The van der Waals surface area contributed by atoms with Crippen molar-refractivity contribution in [3.63, 3.8) is 0 Å². The van der Waals surface area contributed by atoms with E-state index in [1.807, 2.05) is 4.90 Å². The SMILES string of the molecule is CC(C1CC1)N1CCN(C(=O)NCC(C)(C)C)CC1. The molecule has 2 fully saturated rings. The molecule has 0 aromatic rings. The highest BCUT2D eigenvalue weighted by Crippen LogP contribution is 2.35. The summed E-state index contributed by atoms with van der Waals surface area (Å²) in [6, 6.07) is 0.813. The Balaban J connectivity index is 1.71. The maximum atomic E-state index is 12.1. The average Bonchev–Trinajstić information content (AvgIpc) is 3.18. The Hall–Kier alpha value is -0.770. The molecule has 0 radical (unpaired) electrons. The van der Waals surface area contributed by atoms with Gasteiger partial charge in [-0.3, -0.25) is 4.90 Å². The number of nitrogens with one attached hydrogen (secondary N) is 1. The van der Waals surface area contributed by atoms with Crippen LogP contribution in [0.1, 0.15) is 40.5 Å². The van der Waals surface area contributed by atoms with Gasteiger partial charge >= 0.3 is 6.03 Å². The topological polar surface area (TPSA) is 35.6 Å². The fourth-order valence-corrected chi connectivity index (χ4v) is 2.66. The van der Waals surface area contributed by atoms with Crippen LogP contribution in [-0.2, 0) is 0 Å². The van der Waals surface area contributed by atoms with Gasteiger partial charge in [0.1, 0.15) is 0 Å². The Bertz CT molecular complexity index is 312. The van der Waals surface area contributed by atoms with E-state index >= 15 is 0 Å². The average molecular weight is 267 g/mol. The lowest BCUT2D eigenvalue weighted by atomic mass is 9.97. The number of amides is 2. The first-order valence-corrected chi connectivity index (χ1v) is 7.64. The van der Waals surface area contributed by atoms with Crippen molar-refractivity contribution in [3.8, 4) is 0 Å². The van der Waals surface area contributed by atoms with E-state index in [1.165, 1.54) is 12.8 Å². The Kier molecular flexibility index (Phi) is 4.39. The monoisotopic (exact) mass is 267 g/mol. The van der Waals surface area contributed by atoms with Crippen LogP contribution >= 0.6 is 0 Å². The molecule has 1 N–H and O–H groups in total. The van der Waals surface area contributed by atoms with Gasteiger partial charge in [0.2, 0.25) is 0 Å². The molecule has 0 aromatic carbocycles. The van der Waals surface area contributed by atoms with E-state index < -0.39 is 0 Å². The summed E-state index contributed by atoms with van der Waals surface area (Å²) in [6.07, 6.45) is 2.79. The molecule has 4 nitrogen and oxygen atoms in total. The van der Waals surface area contributed by atoms with E-state index in [0.717, 1.165) is 38.6 Å². The zero-order valence-electron chi connectivity index (χ0n) is 12.9. The lowest BCUT2D eigenvalue weighted by Crippen LogP contribution is -2.54. The summed E-state index contributed by atoms with van der Waals surface area (Å²) in [6.45, 7) is 13.3. The fraction of sp³-hybridized carbons (Fsp3) is 0.933. The Morgan fingerprint density at radius 1 is 1.21 bits per heavy atom. The van der Waals surface area contributed by atoms with Crippen LogP contribution in [0.4, 0.5) is 4.79 Å². The van der Waals surface area contributed by atoms with Crippen molar-refractivity contribution in [1.29, 1.82) is 0 Å². The predicted molar refractivity (Wildman–Crippen MR) is 78.2 cm³/mol. The third-order valence-corrected chi connectivity index (χ3v) is 4.25. The van der Waals surface area contributed by atoms with Crippen molar-refractivity contribution in [2.24, 2.45) is 11.3 Å². The van der Waals surface area contributed by atoms with E-state index in [0.29, 0.717) is 6.04 Å². The summed E-state index contributed by atoms with van der Waals surface area (Å²) in [5.41, 5.74) is 0.151. The van der Waals surface area contributed by atoms with Crippen LogP contribution in [-0.4, -0.2) is 54.6 Å². The lowest BCUT2D eigenvalue weighted by Gasteiger charge is -2.38. The first-order valence-electron chi connectivity index (χ1n) is 7.64. The molecule has 4 heteroatoms. The zero-order chi connectivity index (χ0) is 14.0. The summed E-state index contributed by atoms with van der Waals surface area (Å²) in [4.78, 5) is 16.6. The van der Waals surface area contributed by atoms with Crippen LogP contribution in [0, 0.1) is 11.3 Å². The highest BCUT2D eigenvalue weighted by molar-refractivity contribution is 5.74. The second kappa shape index (κ2) is 5.70. The van der Waals surface area contributed by atoms with Crippen LogP contribution in [0.25, 0.3) is 0 Å². The van der Waals surface area contributed by atoms with Gasteiger partial charge in [0.05, 0.1) is 0 Å². The van der Waals surface area contributed by atoms with E-state index in [-0.39, 0.29) is 11.4 Å². The number of carbonyl (C=O) groups excluding carboxylic acids is 1. The maximum Gasteiger partial charge on any atom is 0.317 e. The summed E-state index contributed by atoms with van der Waals surface area (Å²) in [5.74, 6) is 0.918. The molecule has 2 rings (SSSR count). The summed E-state index contributed by atoms with van der Waals surface area (Å²) in [7, 11) is 0. The summed E-state index contributed by atoms with van der Waals surface area (Å²) >= 11 is 0. The number of hydrogen-bond donors (Lipinski definition) is 1. The molecule has 1 aliphatic carbocycles. The molecule has 2 amide bonds. The van der Waals surface area contributed by atoms with Crippen molar-refractivity contribution in [3.05, 3.63) is 0 Å². The van der Waals surface area contributed by atoms with Gasteiger partial charge in [-0.2, -0.15) is 0 Å². The first kappa shape index (κ1) is 14.6. The number of hydrogen-bond acceptors (Lipinski definition) is 2. The molecule has 0 aromatic heterocycles. The van der Waals surface area contributed by atoms with Gasteiger partial charge in [-0.05, 0) is 31.1 Å². The van der Waals surface area contributed by atoms with E-state index in [2.05, 4.69) is 37.9 Å². The van der Waals surface area contributed by atoms with Gasteiger partial charge in [-0.1, -0.05) is 20.8 Å². The van der Waals surface area contributed by atoms with Crippen molar-refractivity contribution in [2.75, 3.05) is 32.7 Å². The molecule has 1 unspecified atom stereocenters. The largest absolute Gasteiger partial charge is 0.337 e. The van der Waals surface area contributed by atoms with Crippen molar-refractivity contribution >= 4 is 6.03 Å². The smallest absolute Gasteiger partial charge is 0.317 e. The van der Waals surface area contributed by atoms with Crippen molar-refractivity contribution in [1.82, 2.24) is 15.1 Å². The second-order valence-corrected chi connectivity index (χ2v) is 7.32. The molecule has 19 heavy (non-hydrogen) atoms. The number of urea groups is 1. The minimum atomic E-state index is 0.105. The van der Waals surface area contributed by atoms with Gasteiger partial charge < -0.3 is 10.2 Å². The Labute approximate surface area is 117 Å². The van der Waals surface area contributed by atoms with E-state index in [4.69, 9.17) is 0 Å². The van der Waals surface area contributed by atoms with Crippen LogP contribution < -0.4 is 5.32 Å². The number of nitrogens with zero attached hydrogens (tertiary/aromatic N) is 2. The van der Waals surface area contributed by atoms with Gasteiger partial charge in [0, 0.05) is 38.8 Å². The number of carbonyl (C=O) groups is 1. The third-order valence-electron chi connectivity index (χ3n) is 4.25. The minimum Gasteiger partial charge on any atom is -0.337 e.